The van der Waals surface area contributed by atoms with Gasteiger partial charge in [-0.1, -0.05) is 6.07 Å². The third-order valence-corrected chi connectivity index (χ3v) is 5.27. The molecule has 0 aromatic heterocycles. The van der Waals surface area contributed by atoms with E-state index in [0.29, 0.717) is 23.2 Å². The zero-order valence-corrected chi connectivity index (χ0v) is 16.6. The number of aliphatic imine (C=N–C) groups is 1. The van der Waals surface area contributed by atoms with Crippen LogP contribution >= 0.6 is 0 Å². The van der Waals surface area contributed by atoms with Crippen LogP contribution in [0.4, 0.5) is 11.4 Å². The normalized spacial score (nSPS) is 19.4. The smallest absolute Gasteiger partial charge is 0.279 e. The van der Waals surface area contributed by atoms with Gasteiger partial charge in [-0.3, -0.25) is 9.69 Å². The summed E-state index contributed by atoms with van der Waals surface area (Å²) >= 11 is 0. The molecule has 0 spiro atoms. The lowest BCUT2D eigenvalue weighted by atomic mass is 10.1. The molecule has 3 aliphatic rings. The van der Waals surface area contributed by atoms with E-state index in [1.54, 1.807) is 13.1 Å². The Bertz CT molecular complexity index is 1030. The Hall–Kier alpha value is -3.52. The zero-order valence-electron chi connectivity index (χ0n) is 16.6. The van der Waals surface area contributed by atoms with Crippen LogP contribution in [0.25, 0.3) is 6.08 Å². The molecular formula is C22H22N4O4. The number of carbonyl (C=O) groups is 1. The number of hydrogen-bond acceptors (Lipinski definition) is 7. The molecule has 154 valence electrons. The van der Waals surface area contributed by atoms with Gasteiger partial charge < -0.3 is 24.4 Å². The molecule has 0 atom stereocenters. The molecule has 0 bridgehead atoms. The van der Waals surface area contributed by atoms with Crippen molar-refractivity contribution < 1.29 is 19.0 Å². The van der Waals surface area contributed by atoms with Gasteiger partial charge in [-0.25, -0.2) is 4.99 Å². The summed E-state index contributed by atoms with van der Waals surface area (Å²) in [6.45, 7) is 3.51. The minimum atomic E-state index is -0.167. The number of fused-ring (bicyclic) bond motifs is 1. The highest BCUT2D eigenvalue weighted by Gasteiger charge is 2.27. The van der Waals surface area contributed by atoms with Gasteiger partial charge in [-0.15, -0.1) is 0 Å². The second-order valence-corrected chi connectivity index (χ2v) is 7.21. The number of benzene rings is 2. The molecule has 1 fully saturated rings. The fourth-order valence-corrected chi connectivity index (χ4v) is 3.58. The predicted molar refractivity (Wildman–Crippen MR) is 114 cm³/mol. The SMILES string of the molecule is CN1C(=O)/C(=C/c2ccc3c(c2)OCO3)N=C1Nc1ccc(N2CCOCC2)cc1. The van der Waals surface area contributed by atoms with Crippen molar-refractivity contribution in [1.82, 2.24) is 4.90 Å². The number of morpholine rings is 1. The van der Waals surface area contributed by atoms with Crippen LogP contribution < -0.4 is 19.7 Å². The van der Waals surface area contributed by atoms with Gasteiger partial charge in [-0.2, -0.15) is 0 Å². The number of nitrogens with zero attached hydrogens (tertiary/aromatic N) is 3. The Kier molecular flexibility index (Phi) is 4.76. The summed E-state index contributed by atoms with van der Waals surface area (Å²) in [7, 11) is 1.71. The van der Waals surface area contributed by atoms with Crippen molar-refractivity contribution in [2.45, 2.75) is 0 Å². The molecular weight excluding hydrogens is 384 g/mol. The molecule has 2 aromatic carbocycles. The monoisotopic (exact) mass is 406 g/mol. The lowest BCUT2D eigenvalue weighted by Gasteiger charge is -2.29. The fraction of sp³-hybridized carbons (Fsp3) is 0.273. The van der Waals surface area contributed by atoms with Gasteiger partial charge in [-0.05, 0) is 48.0 Å². The number of carbonyl (C=O) groups excluding carboxylic acids is 1. The Morgan fingerprint density at radius 2 is 1.80 bits per heavy atom. The number of hydrogen-bond donors (Lipinski definition) is 1. The van der Waals surface area contributed by atoms with E-state index in [4.69, 9.17) is 14.2 Å². The van der Waals surface area contributed by atoms with Gasteiger partial charge in [0, 0.05) is 31.5 Å². The summed E-state index contributed by atoms with van der Waals surface area (Å²) < 4.78 is 16.1. The van der Waals surface area contributed by atoms with Crippen molar-refractivity contribution >= 4 is 29.3 Å². The molecule has 1 saturated heterocycles. The molecule has 1 N–H and O–H groups in total. The first-order chi connectivity index (χ1) is 14.7. The maximum absolute atomic E-state index is 12.6. The minimum absolute atomic E-state index is 0.167. The first kappa shape index (κ1) is 18.5. The van der Waals surface area contributed by atoms with Crippen LogP contribution in [-0.4, -0.2) is 56.9 Å². The van der Waals surface area contributed by atoms with Crippen LogP contribution in [0.5, 0.6) is 11.5 Å². The highest BCUT2D eigenvalue weighted by molar-refractivity contribution is 6.17. The van der Waals surface area contributed by atoms with Gasteiger partial charge in [0.05, 0.1) is 13.2 Å². The third-order valence-electron chi connectivity index (χ3n) is 5.27. The topological polar surface area (TPSA) is 75.6 Å². The van der Waals surface area contributed by atoms with Crippen LogP contribution in [0.1, 0.15) is 5.56 Å². The van der Waals surface area contributed by atoms with Crippen LogP contribution in [-0.2, 0) is 9.53 Å². The van der Waals surface area contributed by atoms with E-state index in [1.165, 1.54) is 4.90 Å². The van der Waals surface area contributed by atoms with E-state index in [9.17, 15) is 4.79 Å². The average Bonchev–Trinajstić information content (AvgIpc) is 3.35. The number of ether oxygens (including phenoxy) is 3. The van der Waals surface area contributed by atoms with E-state index in [0.717, 1.165) is 43.2 Å². The molecule has 0 saturated carbocycles. The lowest BCUT2D eigenvalue weighted by molar-refractivity contribution is -0.121. The number of likely N-dealkylation sites (N-methyl/N-ethyl adjacent to an activating group) is 1. The quantitative estimate of drug-likeness (QED) is 0.790. The minimum Gasteiger partial charge on any atom is -0.454 e. The van der Waals surface area contributed by atoms with E-state index in [1.807, 2.05) is 30.3 Å². The summed E-state index contributed by atoms with van der Waals surface area (Å²) in [4.78, 5) is 20.9. The van der Waals surface area contributed by atoms with Crippen LogP contribution in [0.2, 0.25) is 0 Å². The second kappa shape index (κ2) is 7.72. The van der Waals surface area contributed by atoms with Crippen molar-refractivity contribution in [3.05, 3.63) is 53.7 Å². The van der Waals surface area contributed by atoms with Crippen molar-refractivity contribution in [2.24, 2.45) is 4.99 Å². The molecule has 0 unspecified atom stereocenters. The second-order valence-electron chi connectivity index (χ2n) is 7.21. The first-order valence-electron chi connectivity index (χ1n) is 9.85. The molecule has 8 heteroatoms. The molecule has 3 aliphatic heterocycles. The zero-order chi connectivity index (χ0) is 20.5. The number of rotatable bonds is 3. The van der Waals surface area contributed by atoms with E-state index >= 15 is 0 Å². The van der Waals surface area contributed by atoms with Crippen molar-refractivity contribution in [2.75, 3.05) is 50.4 Å². The lowest BCUT2D eigenvalue weighted by Crippen LogP contribution is -2.36. The third kappa shape index (κ3) is 3.57. The molecule has 0 aliphatic carbocycles. The van der Waals surface area contributed by atoms with Crippen LogP contribution in [0, 0.1) is 0 Å². The molecule has 1 amide bonds. The molecule has 0 radical (unpaired) electrons. The summed E-state index contributed by atoms with van der Waals surface area (Å²) in [5.41, 5.74) is 3.22. The number of anilines is 2. The van der Waals surface area contributed by atoms with Gasteiger partial charge in [0.25, 0.3) is 5.91 Å². The summed E-state index contributed by atoms with van der Waals surface area (Å²) in [5.74, 6) is 1.70. The largest absolute Gasteiger partial charge is 0.454 e. The van der Waals surface area contributed by atoms with E-state index in [2.05, 4.69) is 27.3 Å². The van der Waals surface area contributed by atoms with Gasteiger partial charge in [0.15, 0.2) is 11.5 Å². The molecule has 2 aromatic rings. The Morgan fingerprint density at radius 3 is 2.60 bits per heavy atom. The molecule has 30 heavy (non-hydrogen) atoms. The number of nitrogens with one attached hydrogen (secondary N) is 1. The maximum Gasteiger partial charge on any atom is 0.279 e. The van der Waals surface area contributed by atoms with Gasteiger partial charge in [0.1, 0.15) is 5.70 Å². The summed E-state index contributed by atoms with van der Waals surface area (Å²) in [6, 6.07) is 13.7. The fourth-order valence-electron chi connectivity index (χ4n) is 3.58. The van der Waals surface area contributed by atoms with Crippen molar-refractivity contribution in [3.63, 3.8) is 0 Å². The number of amides is 1. The van der Waals surface area contributed by atoms with Crippen molar-refractivity contribution in [1.29, 1.82) is 0 Å². The van der Waals surface area contributed by atoms with Crippen LogP contribution in [0.15, 0.2) is 53.2 Å². The predicted octanol–water partition coefficient (Wildman–Crippen LogP) is 2.53. The standard InChI is InChI=1S/C22H22N4O4/c1-25-21(27)18(12-15-2-7-19-20(13-15)30-14-29-19)24-22(25)23-16-3-5-17(6-4-16)26-8-10-28-11-9-26/h2-7,12-13H,8-11,14H2,1H3,(H,23,24)/b18-12-. The first-order valence-corrected chi connectivity index (χ1v) is 9.85. The van der Waals surface area contributed by atoms with E-state index in [-0.39, 0.29) is 12.7 Å². The number of guanidine groups is 1. The summed E-state index contributed by atoms with van der Waals surface area (Å²) in [6.07, 6.45) is 1.75. The molecule has 3 heterocycles. The van der Waals surface area contributed by atoms with Crippen LogP contribution in [0.3, 0.4) is 0 Å². The molecule has 8 nitrogen and oxygen atoms in total. The maximum atomic E-state index is 12.6. The Morgan fingerprint density at radius 1 is 1.03 bits per heavy atom. The van der Waals surface area contributed by atoms with E-state index < -0.39 is 0 Å². The highest BCUT2D eigenvalue weighted by atomic mass is 16.7. The highest BCUT2D eigenvalue weighted by Crippen LogP contribution is 2.33. The molecule has 5 rings (SSSR count). The van der Waals surface area contributed by atoms with Crippen molar-refractivity contribution in [3.8, 4) is 11.5 Å². The van der Waals surface area contributed by atoms with Gasteiger partial charge in [0.2, 0.25) is 12.8 Å². The average molecular weight is 406 g/mol. The van der Waals surface area contributed by atoms with Gasteiger partial charge >= 0.3 is 0 Å². The Balaban J connectivity index is 1.32. The summed E-state index contributed by atoms with van der Waals surface area (Å²) in [5, 5.41) is 3.23. The Labute approximate surface area is 174 Å².